The fourth-order valence-electron chi connectivity index (χ4n) is 4.53. The molecule has 0 unspecified atom stereocenters. The van der Waals surface area contributed by atoms with Crippen molar-refractivity contribution in [3.8, 4) is 5.75 Å². The average Bonchev–Trinajstić information content (AvgIpc) is 2.89. The van der Waals surface area contributed by atoms with E-state index in [1.165, 1.54) is 5.56 Å². The molecule has 8 heteroatoms. The summed E-state index contributed by atoms with van der Waals surface area (Å²) >= 11 is 0. The number of likely N-dealkylation sites (tertiary alicyclic amines) is 1. The van der Waals surface area contributed by atoms with Crippen molar-refractivity contribution in [1.82, 2.24) is 19.7 Å². The van der Waals surface area contributed by atoms with Crippen molar-refractivity contribution >= 4 is 12.0 Å². The van der Waals surface area contributed by atoms with Crippen LogP contribution in [0.2, 0.25) is 0 Å². The summed E-state index contributed by atoms with van der Waals surface area (Å²) in [5.74, 6) is 1.25. The number of piperidine rings is 1. The van der Waals surface area contributed by atoms with E-state index < -0.39 is 0 Å². The second-order valence-corrected chi connectivity index (χ2v) is 8.91. The van der Waals surface area contributed by atoms with Gasteiger partial charge in [0.1, 0.15) is 5.75 Å². The Morgan fingerprint density at radius 2 is 1.71 bits per heavy atom. The summed E-state index contributed by atoms with van der Waals surface area (Å²) in [6.45, 7) is 8.29. The number of carbonyl (C=O) groups excluding carboxylic acids is 2. The van der Waals surface area contributed by atoms with Crippen LogP contribution in [-0.4, -0.2) is 84.2 Å². The van der Waals surface area contributed by atoms with Crippen LogP contribution in [0.15, 0.2) is 48.8 Å². The van der Waals surface area contributed by atoms with Gasteiger partial charge >= 0.3 is 6.09 Å². The fraction of sp³-hybridized carbons (Fsp3) is 0.500. The van der Waals surface area contributed by atoms with E-state index in [2.05, 4.69) is 22.0 Å². The SMILES string of the molecule is CCOC(=O)N1CCN(Cc2ccc(OC[C@@H]3CCCN(C(=O)c4ccncc4)C3)cc2)CC1. The first-order valence-electron chi connectivity index (χ1n) is 12.2. The molecular weight excluding hydrogens is 432 g/mol. The van der Waals surface area contributed by atoms with E-state index in [9.17, 15) is 9.59 Å². The van der Waals surface area contributed by atoms with Gasteiger partial charge in [0.2, 0.25) is 0 Å². The Morgan fingerprint density at radius 1 is 0.971 bits per heavy atom. The Kier molecular flexibility index (Phi) is 8.36. The number of hydrogen-bond donors (Lipinski definition) is 0. The molecule has 2 amide bonds. The quantitative estimate of drug-likeness (QED) is 0.623. The van der Waals surface area contributed by atoms with Crippen LogP contribution in [-0.2, 0) is 11.3 Å². The van der Waals surface area contributed by atoms with E-state index in [4.69, 9.17) is 9.47 Å². The monoisotopic (exact) mass is 466 g/mol. The summed E-state index contributed by atoms with van der Waals surface area (Å²) in [6, 6.07) is 11.8. The van der Waals surface area contributed by atoms with E-state index in [1.807, 2.05) is 24.0 Å². The largest absolute Gasteiger partial charge is 0.493 e. The first-order chi connectivity index (χ1) is 16.6. The van der Waals surface area contributed by atoms with Gasteiger partial charge in [-0.3, -0.25) is 14.7 Å². The zero-order valence-corrected chi connectivity index (χ0v) is 19.9. The molecule has 2 aliphatic rings. The number of ether oxygens (including phenoxy) is 2. The lowest BCUT2D eigenvalue weighted by Gasteiger charge is -2.34. The summed E-state index contributed by atoms with van der Waals surface area (Å²) < 4.78 is 11.2. The van der Waals surface area contributed by atoms with Crippen molar-refractivity contribution in [3.63, 3.8) is 0 Å². The van der Waals surface area contributed by atoms with Crippen molar-refractivity contribution in [2.75, 3.05) is 52.5 Å². The molecule has 182 valence electrons. The molecule has 0 spiro atoms. The first-order valence-corrected chi connectivity index (χ1v) is 12.2. The topological polar surface area (TPSA) is 75.2 Å². The highest BCUT2D eigenvalue weighted by Crippen LogP contribution is 2.21. The van der Waals surface area contributed by atoms with Crippen molar-refractivity contribution in [2.24, 2.45) is 5.92 Å². The smallest absolute Gasteiger partial charge is 0.409 e. The second-order valence-electron chi connectivity index (χ2n) is 8.91. The van der Waals surface area contributed by atoms with Gasteiger partial charge in [0, 0.05) is 69.7 Å². The van der Waals surface area contributed by atoms with Crippen molar-refractivity contribution in [2.45, 2.75) is 26.3 Å². The summed E-state index contributed by atoms with van der Waals surface area (Å²) in [6.07, 6.45) is 5.16. The van der Waals surface area contributed by atoms with Gasteiger partial charge in [0.15, 0.2) is 0 Å². The highest BCUT2D eigenvalue weighted by atomic mass is 16.6. The third-order valence-electron chi connectivity index (χ3n) is 6.45. The Morgan fingerprint density at radius 3 is 2.41 bits per heavy atom. The number of piperazine rings is 1. The number of carbonyl (C=O) groups is 2. The van der Waals surface area contributed by atoms with Crippen LogP contribution in [0.4, 0.5) is 4.79 Å². The number of nitrogens with zero attached hydrogens (tertiary/aromatic N) is 4. The van der Waals surface area contributed by atoms with E-state index >= 15 is 0 Å². The van der Waals surface area contributed by atoms with Gasteiger partial charge in [0.25, 0.3) is 5.91 Å². The van der Waals surface area contributed by atoms with Crippen LogP contribution >= 0.6 is 0 Å². The van der Waals surface area contributed by atoms with E-state index in [-0.39, 0.29) is 12.0 Å². The normalized spacial score (nSPS) is 19.0. The van der Waals surface area contributed by atoms with Gasteiger partial charge < -0.3 is 19.3 Å². The molecule has 1 aromatic carbocycles. The highest BCUT2D eigenvalue weighted by molar-refractivity contribution is 5.94. The van der Waals surface area contributed by atoms with E-state index in [0.29, 0.717) is 37.8 Å². The van der Waals surface area contributed by atoms with Crippen LogP contribution in [0, 0.1) is 5.92 Å². The van der Waals surface area contributed by atoms with Crippen molar-refractivity contribution in [3.05, 3.63) is 59.9 Å². The molecule has 3 heterocycles. The second kappa shape index (κ2) is 11.8. The Balaban J connectivity index is 1.20. The Bertz CT molecular complexity index is 930. The van der Waals surface area contributed by atoms with Crippen LogP contribution < -0.4 is 4.74 Å². The maximum absolute atomic E-state index is 12.7. The number of hydrogen-bond acceptors (Lipinski definition) is 6. The van der Waals surface area contributed by atoms with Gasteiger partial charge in [-0.15, -0.1) is 0 Å². The van der Waals surface area contributed by atoms with Crippen LogP contribution in [0.3, 0.4) is 0 Å². The molecule has 0 saturated carbocycles. The predicted molar refractivity (Wildman–Crippen MR) is 129 cm³/mol. The number of benzene rings is 1. The minimum Gasteiger partial charge on any atom is -0.493 e. The average molecular weight is 467 g/mol. The molecule has 1 atom stereocenters. The maximum Gasteiger partial charge on any atom is 0.409 e. The fourth-order valence-corrected chi connectivity index (χ4v) is 4.53. The standard InChI is InChI=1S/C26H34N4O4/c1-2-33-26(32)29-16-14-28(15-17-29)18-21-5-7-24(8-6-21)34-20-22-4-3-13-30(19-22)25(31)23-9-11-27-12-10-23/h5-12,22H,2-4,13-20H2,1H3/t22-/m1/s1. The number of aromatic nitrogens is 1. The van der Waals surface area contributed by atoms with Crippen molar-refractivity contribution in [1.29, 1.82) is 0 Å². The molecule has 0 aliphatic carbocycles. The minimum atomic E-state index is -0.216. The number of pyridine rings is 1. The zero-order chi connectivity index (χ0) is 23.8. The predicted octanol–water partition coefficient (Wildman–Crippen LogP) is 3.29. The molecule has 4 rings (SSSR count). The summed E-state index contributed by atoms with van der Waals surface area (Å²) in [7, 11) is 0. The van der Waals surface area contributed by atoms with Gasteiger partial charge in [-0.1, -0.05) is 12.1 Å². The molecule has 8 nitrogen and oxygen atoms in total. The Labute approximate surface area is 201 Å². The van der Waals surface area contributed by atoms with Crippen LogP contribution in [0.1, 0.15) is 35.7 Å². The van der Waals surface area contributed by atoms with E-state index in [1.54, 1.807) is 29.4 Å². The first kappa shape index (κ1) is 24.0. The third-order valence-corrected chi connectivity index (χ3v) is 6.45. The molecule has 0 radical (unpaired) electrons. The maximum atomic E-state index is 12.7. The third kappa shape index (κ3) is 6.47. The molecular formula is C26H34N4O4. The number of rotatable bonds is 7. The van der Waals surface area contributed by atoms with Gasteiger partial charge in [-0.05, 0) is 49.6 Å². The van der Waals surface area contributed by atoms with Gasteiger partial charge in [-0.25, -0.2) is 4.79 Å². The highest BCUT2D eigenvalue weighted by Gasteiger charge is 2.25. The summed E-state index contributed by atoms with van der Waals surface area (Å²) in [4.78, 5) is 34.6. The molecule has 0 bridgehead atoms. The summed E-state index contributed by atoms with van der Waals surface area (Å²) in [5, 5.41) is 0. The van der Waals surface area contributed by atoms with Gasteiger partial charge in [-0.2, -0.15) is 0 Å². The number of amides is 2. The lowest BCUT2D eigenvalue weighted by atomic mass is 9.98. The van der Waals surface area contributed by atoms with E-state index in [0.717, 1.165) is 51.3 Å². The Hall–Kier alpha value is -3.13. The lowest BCUT2D eigenvalue weighted by Crippen LogP contribution is -2.48. The summed E-state index contributed by atoms with van der Waals surface area (Å²) in [5.41, 5.74) is 1.91. The lowest BCUT2D eigenvalue weighted by molar-refractivity contribution is 0.0632. The minimum absolute atomic E-state index is 0.0690. The van der Waals surface area contributed by atoms with Crippen LogP contribution in [0.25, 0.3) is 0 Å². The van der Waals surface area contributed by atoms with Crippen LogP contribution in [0.5, 0.6) is 5.75 Å². The molecule has 34 heavy (non-hydrogen) atoms. The van der Waals surface area contributed by atoms with Crippen molar-refractivity contribution < 1.29 is 19.1 Å². The molecule has 0 N–H and O–H groups in total. The van der Waals surface area contributed by atoms with Gasteiger partial charge in [0.05, 0.1) is 13.2 Å². The zero-order valence-electron chi connectivity index (χ0n) is 19.9. The molecule has 2 saturated heterocycles. The molecule has 2 fully saturated rings. The molecule has 2 aliphatic heterocycles. The molecule has 1 aromatic heterocycles. The molecule has 2 aromatic rings.